The van der Waals surface area contributed by atoms with Crippen LogP contribution in [0, 0.1) is 11.8 Å². The van der Waals surface area contributed by atoms with E-state index in [2.05, 4.69) is 17.4 Å². The van der Waals surface area contributed by atoms with Crippen LogP contribution in [0.15, 0.2) is 78.9 Å². The van der Waals surface area contributed by atoms with Crippen LogP contribution in [0.2, 0.25) is 0 Å². The van der Waals surface area contributed by atoms with Crippen LogP contribution in [0.5, 0.6) is 0 Å². The van der Waals surface area contributed by atoms with Gasteiger partial charge in [-0.3, -0.25) is 19.3 Å². The van der Waals surface area contributed by atoms with Gasteiger partial charge in [0.25, 0.3) is 5.91 Å². The Morgan fingerprint density at radius 3 is 2.05 bits per heavy atom. The molecular weight excluding hydrogens is 524 g/mol. The number of hydrogen-bond acceptors (Lipinski definition) is 7. The van der Waals surface area contributed by atoms with E-state index < -0.39 is 24.5 Å². The summed E-state index contributed by atoms with van der Waals surface area (Å²) in [6.07, 6.45) is 2.15. The van der Waals surface area contributed by atoms with Crippen LogP contribution in [0.25, 0.3) is 0 Å². The Kier molecular flexibility index (Phi) is 8.24. The summed E-state index contributed by atoms with van der Waals surface area (Å²) in [6.45, 7) is 1.45. The summed E-state index contributed by atoms with van der Waals surface area (Å²) >= 11 is 0. The zero-order valence-corrected chi connectivity index (χ0v) is 22.6. The molecule has 1 aliphatic heterocycles. The topological polar surface area (TPSA) is 119 Å². The Morgan fingerprint density at radius 2 is 1.39 bits per heavy atom. The van der Waals surface area contributed by atoms with Gasteiger partial charge in [0.15, 0.2) is 6.61 Å². The van der Waals surface area contributed by atoms with Crippen molar-refractivity contribution < 1.29 is 33.4 Å². The average molecular weight is 555 g/mol. The quantitative estimate of drug-likeness (QED) is 0.316. The molecule has 1 heterocycles. The molecule has 0 radical (unpaired) electrons. The van der Waals surface area contributed by atoms with E-state index in [4.69, 9.17) is 9.47 Å². The second-order valence-corrected chi connectivity index (χ2v) is 10.1. The molecule has 1 saturated heterocycles. The number of hydrogen-bond donors (Lipinski definition) is 1. The van der Waals surface area contributed by atoms with E-state index in [1.165, 1.54) is 34.7 Å². The van der Waals surface area contributed by atoms with Gasteiger partial charge in [-0.05, 0) is 86.2 Å². The summed E-state index contributed by atoms with van der Waals surface area (Å²) in [5, 5.41) is 2.59. The summed E-state index contributed by atoms with van der Waals surface area (Å²) in [4.78, 5) is 64.2. The molecule has 0 aromatic heterocycles. The molecule has 1 aliphatic carbocycles. The van der Waals surface area contributed by atoms with Crippen molar-refractivity contribution in [1.82, 2.24) is 0 Å². The van der Waals surface area contributed by atoms with Gasteiger partial charge >= 0.3 is 11.9 Å². The normalized spacial score (nSPS) is 19.8. The third-order valence-corrected chi connectivity index (χ3v) is 7.57. The Labute approximate surface area is 237 Å². The fraction of sp³-hybridized carbons (Fsp3) is 0.281. The van der Waals surface area contributed by atoms with Crippen molar-refractivity contribution in [3.8, 4) is 0 Å². The van der Waals surface area contributed by atoms with E-state index in [9.17, 15) is 24.0 Å². The third kappa shape index (κ3) is 6.04. The predicted molar refractivity (Wildman–Crippen MR) is 150 cm³/mol. The lowest BCUT2D eigenvalue weighted by Gasteiger charge is -2.28. The molecule has 0 spiro atoms. The number of rotatable bonds is 8. The first-order valence-corrected chi connectivity index (χ1v) is 13.6. The van der Waals surface area contributed by atoms with Crippen molar-refractivity contribution in [2.45, 2.75) is 32.1 Å². The minimum Gasteiger partial charge on any atom is -0.462 e. The number of nitrogens with zero attached hydrogens (tertiary/aromatic N) is 1. The van der Waals surface area contributed by atoms with Crippen LogP contribution < -0.4 is 10.2 Å². The van der Waals surface area contributed by atoms with E-state index in [0.717, 1.165) is 6.42 Å². The minimum atomic E-state index is -0.720. The minimum absolute atomic E-state index is 0.181. The molecule has 210 valence electrons. The number of benzene rings is 3. The lowest BCUT2D eigenvalue weighted by molar-refractivity contribution is -0.122. The molecule has 9 heteroatoms. The maximum absolute atomic E-state index is 13.3. The Hall–Kier alpha value is -4.79. The highest BCUT2D eigenvalue weighted by molar-refractivity contribution is 6.22. The number of imide groups is 1. The number of ether oxygens (including phenoxy) is 2. The average Bonchev–Trinajstić information content (AvgIpc) is 3.25. The number of amides is 3. The van der Waals surface area contributed by atoms with Gasteiger partial charge in [0.05, 0.1) is 35.3 Å². The Morgan fingerprint density at radius 1 is 0.780 bits per heavy atom. The molecule has 1 N–H and O–H groups in total. The van der Waals surface area contributed by atoms with Crippen LogP contribution in [0.1, 0.15) is 58.4 Å². The SMILES string of the molecule is CCOC(=O)c1ccc(NC(=O)COC(=O)c2ccc(N3C(=O)[C@@H]4CC[C@@H](c5ccccc5)C[C@H]4C3=O)cc2)cc1. The molecule has 5 rings (SSSR count). The van der Waals surface area contributed by atoms with Crippen molar-refractivity contribution in [3.63, 3.8) is 0 Å². The molecule has 3 amide bonds. The maximum Gasteiger partial charge on any atom is 0.338 e. The van der Waals surface area contributed by atoms with Crippen molar-refractivity contribution in [2.24, 2.45) is 11.8 Å². The zero-order chi connectivity index (χ0) is 28.9. The summed E-state index contributed by atoms with van der Waals surface area (Å²) in [6, 6.07) is 22.2. The highest BCUT2D eigenvalue weighted by atomic mass is 16.5. The smallest absolute Gasteiger partial charge is 0.338 e. The molecule has 0 bridgehead atoms. The summed E-state index contributed by atoms with van der Waals surface area (Å²) in [7, 11) is 0. The number of carbonyl (C=O) groups excluding carboxylic acids is 5. The fourth-order valence-corrected chi connectivity index (χ4v) is 5.52. The predicted octanol–water partition coefficient (Wildman–Crippen LogP) is 4.73. The van der Waals surface area contributed by atoms with E-state index in [0.29, 0.717) is 29.8 Å². The standard InChI is InChI=1S/C32H30N2O7/c1-2-40-31(38)21-8-13-24(14-9-21)33-28(35)19-41-32(39)22-10-15-25(16-11-22)34-29(36)26-17-12-23(18-27(26)30(34)37)20-6-4-3-5-7-20/h3-11,13-16,23,26-27H,2,12,17-19H2,1H3,(H,33,35)/t23-,26-,27-/m1/s1. The Bertz CT molecular complexity index is 1450. The fourth-order valence-electron chi connectivity index (χ4n) is 5.52. The molecular formula is C32H30N2O7. The molecule has 3 aromatic rings. The molecule has 2 aliphatic rings. The molecule has 41 heavy (non-hydrogen) atoms. The summed E-state index contributed by atoms with van der Waals surface area (Å²) in [5.74, 6) is -2.58. The van der Waals surface area contributed by atoms with Crippen LogP contribution in [0.4, 0.5) is 11.4 Å². The first kappa shape index (κ1) is 27.8. The highest BCUT2D eigenvalue weighted by Crippen LogP contribution is 2.45. The monoisotopic (exact) mass is 554 g/mol. The van der Waals surface area contributed by atoms with Crippen molar-refractivity contribution in [3.05, 3.63) is 95.6 Å². The molecule has 1 saturated carbocycles. The van der Waals surface area contributed by atoms with Gasteiger partial charge in [0.2, 0.25) is 11.8 Å². The van der Waals surface area contributed by atoms with Crippen molar-refractivity contribution in [2.75, 3.05) is 23.4 Å². The first-order chi connectivity index (χ1) is 19.9. The number of esters is 2. The number of fused-ring (bicyclic) bond motifs is 1. The van der Waals surface area contributed by atoms with Gasteiger partial charge in [0.1, 0.15) is 0 Å². The molecule has 9 nitrogen and oxygen atoms in total. The summed E-state index contributed by atoms with van der Waals surface area (Å²) < 4.78 is 10.0. The van der Waals surface area contributed by atoms with E-state index in [1.54, 1.807) is 31.2 Å². The molecule has 3 atom stereocenters. The molecule has 3 aromatic carbocycles. The number of nitrogens with one attached hydrogen (secondary N) is 1. The largest absolute Gasteiger partial charge is 0.462 e. The second-order valence-electron chi connectivity index (χ2n) is 10.1. The van der Waals surface area contributed by atoms with Crippen LogP contribution in [-0.4, -0.2) is 42.9 Å². The van der Waals surface area contributed by atoms with Crippen molar-refractivity contribution in [1.29, 1.82) is 0 Å². The zero-order valence-electron chi connectivity index (χ0n) is 22.6. The molecule has 2 fully saturated rings. The van der Waals surface area contributed by atoms with Gasteiger partial charge < -0.3 is 14.8 Å². The highest BCUT2D eigenvalue weighted by Gasteiger charge is 2.50. The van der Waals surface area contributed by atoms with Crippen LogP contribution >= 0.6 is 0 Å². The van der Waals surface area contributed by atoms with Crippen LogP contribution in [0.3, 0.4) is 0 Å². The lowest BCUT2D eigenvalue weighted by atomic mass is 9.73. The van der Waals surface area contributed by atoms with Gasteiger partial charge in [-0.2, -0.15) is 0 Å². The summed E-state index contributed by atoms with van der Waals surface area (Å²) in [5.41, 5.74) is 2.56. The van der Waals surface area contributed by atoms with Gasteiger partial charge in [-0.25, -0.2) is 9.59 Å². The van der Waals surface area contributed by atoms with E-state index >= 15 is 0 Å². The van der Waals surface area contributed by atoms with Gasteiger partial charge in [-0.1, -0.05) is 30.3 Å². The third-order valence-electron chi connectivity index (χ3n) is 7.57. The number of carbonyl (C=O) groups is 5. The first-order valence-electron chi connectivity index (χ1n) is 13.6. The number of anilines is 2. The molecule has 0 unspecified atom stereocenters. The van der Waals surface area contributed by atoms with E-state index in [-0.39, 0.29) is 41.7 Å². The van der Waals surface area contributed by atoms with Crippen LogP contribution in [-0.2, 0) is 23.9 Å². The van der Waals surface area contributed by atoms with Crippen molar-refractivity contribution >= 4 is 41.0 Å². The second kappa shape index (κ2) is 12.2. The Balaban J connectivity index is 1.15. The van der Waals surface area contributed by atoms with Gasteiger partial charge in [0, 0.05) is 5.69 Å². The lowest BCUT2D eigenvalue weighted by Crippen LogP contribution is -2.30. The maximum atomic E-state index is 13.3. The van der Waals surface area contributed by atoms with E-state index in [1.807, 2.05) is 18.2 Å². The van der Waals surface area contributed by atoms with Gasteiger partial charge in [-0.15, -0.1) is 0 Å².